The number of aryl methyl sites for hydroxylation is 1. The van der Waals surface area contributed by atoms with Crippen molar-refractivity contribution in [3.8, 4) is 11.3 Å². The number of fused-ring (bicyclic) bond motifs is 3. The molecule has 7 nitrogen and oxygen atoms in total. The van der Waals surface area contributed by atoms with Crippen LogP contribution >= 0.6 is 11.8 Å². The van der Waals surface area contributed by atoms with Crippen LogP contribution in [0.15, 0.2) is 33.8 Å². The Kier molecular flexibility index (Phi) is 4.12. The minimum Gasteiger partial charge on any atom is -0.442 e. The number of hydrogen-bond donors (Lipinski definition) is 1. The minimum absolute atomic E-state index is 0.139. The molecule has 2 aliphatic heterocycles. The molecule has 1 saturated heterocycles. The van der Waals surface area contributed by atoms with Crippen molar-refractivity contribution in [1.29, 1.82) is 0 Å². The number of rotatable bonds is 3. The van der Waals surface area contributed by atoms with Gasteiger partial charge in [-0.25, -0.2) is 4.79 Å². The topological polar surface area (TPSA) is 84.7 Å². The van der Waals surface area contributed by atoms with Crippen LogP contribution in [0.5, 0.6) is 0 Å². The molecule has 0 radical (unpaired) electrons. The Hall–Kier alpha value is -2.48. The fraction of sp³-hybridized carbons (Fsp3) is 0.353. The van der Waals surface area contributed by atoms with Gasteiger partial charge in [-0.3, -0.25) is 9.69 Å². The summed E-state index contributed by atoms with van der Waals surface area (Å²) in [5.41, 5.74) is 2.93. The minimum atomic E-state index is -0.390. The number of thioether (sulfide) groups is 1. The monoisotopic (exact) mass is 359 g/mol. The number of nitrogens with zero attached hydrogens (tertiary/aromatic N) is 2. The molecular formula is C17H17N3O4S. The van der Waals surface area contributed by atoms with E-state index in [2.05, 4.69) is 10.5 Å². The highest BCUT2D eigenvalue weighted by Crippen LogP contribution is 2.39. The van der Waals surface area contributed by atoms with E-state index in [-0.39, 0.29) is 12.0 Å². The van der Waals surface area contributed by atoms with Crippen LogP contribution in [-0.4, -0.2) is 42.1 Å². The van der Waals surface area contributed by atoms with Crippen LogP contribution in [0.4, 0.5) is 10.5 Å². The average Bonchev–Trinajstić information content (AvgIpc) is 3.15. The summed E-state index contributed by atoms with van der Waals surface area (Å²) in [6.45, 7) is 2.18. The van der Waals surface area contributed by atoms with Crippen molar-refractivity contribution in [1.82, 2.24) is 10.5 Å². The van der Waals surface area contributed by atoms with Gasteiger partial charge in [-0.1, -0.05) is 5.16 Å². The van der Waals surface area contributed by atoms with Crippen molar-refractivity contribution in [3.63, 3.8) is 0 Å². The van der Waals surface area contributed by atoms with E-state index in [0.29, 0.717) is 13.1 Å². The normalized spacial score (nSPS) is 19.0. The van der Waals surface area contributed by atoms with Crippen molar-refractivity contribution in [2.24, 2.45) is 0 Å². The highest BCUT2D eigenvalue weighted by molar-refractivity contribution is 7.99. The molecule has 0 bridgehead atoms. The maximum atomic E-state index is 12.2. The molecule has 130 valence electrons. The Morgan fingerprint density at radius 3 is 3.20 bits per heavy atom. The van der Waals surface area contributed by atoms with E-state index in [4.69, 9.17) is 9.26 Å². The highest BCUT2D eigenvalue weighted by atomic mass is 32.2. The second-order valence-electron chi connectivity index (χ2n) is 6.01. The van der Waals surface area contributed by atoms with Crippen molar-refractivity contribution in [2.75, 3.05) is 23.7 Å². The molecule has 0 saturated carbocycles. The van der Waals surface area contributed by atoms with E-state index in [1.54, 1.807) is 22.9 Å². The van der Waals surface area contributed by atoms with E-state index in [0.717, 1.165) is 39.6 Å². The van der Waals surface area contributed by atoms with Gasteiger partial charge in [0.1, 0.15) is 6.10 Å². The first-order valence-corrected chi connectivity index (χ1v) is 9.04. The van der Waals surface area contributed by atoms with Gasteiger partial charge in [-0.05, 0) is 30.2 Å². The second kappa shape index (κ2) is 6.44. The number of carbonyl (C=O) groups excluding carboxylic acids is 2. The number of cyclic esters (lactones) is 1. The van der Waals surface area contributed by atoms with Crippen LogP contribution in [0.25, 0.3) is 11.3 Å². The molecule has 3 heterocycles. The maximum absolute atomic E-state index is 12.2. The molecule has 2 amide bonds. The average molecular weight is 359 g/mol. The molecule has 0 aliphatic carbocycles. The summed E-state index contributed by atoms with van der Waals surface area (Å²) in [6, 6.07) is 5.87. The summed E-state index contributed by atoms with van der Waals surface area (Å²) in [6.07, 6.45) is 1.90. The standard InChI is InChI=1S/C17H17N3O4S/c1-10(21)18-7-13-9-20(17(22)23-13)12-2-3-14-11(6-12)4-5-25-15-8-19-24-16(14)15/h2-3,6,8,13H,4-5,7,9H2,1H3,(H,18,21). The summed E-state index contributed by atoms with van der Waals surface area (Å²) in [5, 5.41) is 6.57. The summed E-state index contributed by atoms with van der Waals surface area (Å²) in [7, 11) is 0. The largest absolute Gasteiger partial charge is 0.442 e. The van der Waals surface area contributed by atoms with Gasteiger partial charge in [-0.2, -0.15) is 0 Å². The molecule has 1 unspecified atom stereocenters. The van der Waals surface area contributed by atoms with Gasteiger partial charge < -0.3 is 14.6 Å². The Bertz CT molecular complexity index is 835. The van der Waals surface area contributed by atoms with Crippen molar-refractivity contribution >= 4 is 29.4 Å². The number of ether oxygens (including phenoxy) is 1. The highest BCUT2D eigenvalue weighted by Gasteiger charge is 2.33. The van der Waals surface area contributed by atoms with Crippen molar-refractivity contribution in [2.45, 2.75) is 24.3 Å². The van der Waals surface area contributed by atoms with E-state index in [1.165, 1.54) is 6.92 Å². The van der Waals surface area contributed by atoms with E-state index in [9.17, 15) is 9.59 Å². The lowest BCUT2D eigenvalue weighted by Crippen LogP contribution is -2.33. The van der Waals surface area contributed by atoms with Crippen LogP contribution in [0.3, 0.4) is 0 Å². The van der Waals surface area contributed by atoms with Crippen LogP contribution < -0.4 is 10.2 Å². The summed E-state index contributed by atoms with van der Waals surface area (Å²) < 4.78 is 10.7. The SMILES string of the molecule is CC(=O)NCC1CN(c2ccc3c(c2)CCSc2cnoc2-3)C(=O)O1. The summed E-state index contributed by atoms with van der Waals surface area (Å²) >= 11 is 1.72. The van der Waals surface area contributed by atoms with Crippen LogP contribution in [0.1, 0.15) is 12.5 Å². The molecule has 1 N–H and O–H groups in total. The zero-order chi connectivity index (χ0) is 17.4. The molecule has 4 rings (SSSR count). The molecule has 1 atom stereocenters. The van der Waals surface area contributed by atoms with Crippen molar-refractivity contribution in [3.05, 3.63) is 30.0 Å². The zero-order valence-corrected chi connectivity index (χ0v) is 14.5. The Labute approximate surface area is 148 Å². The first-order valence-electron chi connectivity index (χ1n) is 8.05. The fourth-order valence-electron chi connectivity index (χ4n) is 3.06. The van der Waals surface area contributed by atoms with Gasteiger partial charge in [0.05, 0.1) is 24.2 Å². The van der Waals surface area contributed by atoms with Gasteiger partial charge in [0, 0.05) is 23.9 Å². The fourth-order valence-corrected chi connectivity index (χ4v) is 4.00. The first kappa shape index (κ1) is 16.0. The number of anilines is 1. The lowest BCUT2D eigenvalue weighted by atomic mass is 10.0. The number of hydrogen-bond acceptors (Lipinski definition) is 6. The molecule has 0 spiro atoms. The number of carbonyl (C=O) groups is 2. The van der Waals surface area contributed by atoms with Crippen LogP contribution in [-0.2, 0) is 16.0 Å². The van der Waals surface area contributed by atoms with E-state index >= 15 is 0 Å². The van der Waals surface area contributed by atoms with Gasteiger partial charge in [0.25, 0.3) is 0 Å². The quantitative estimate of drug-likeness (QED) is 0.906. The lowest BCUT2D eigenvalue weighted by Gasteiger charge is -2.15. The molecule has 1 fully saturated rings. The van der Waals surface area contributed by atoms with Gasteiger partial charge >= 0.3 is 6.09 Å². The van der Waals surface area contributed by atoms with Crippen molar-refractivity contribution < 1.29 is 18.8 Å². The van der Waals surface area contributed by atoms with E-state index < -0.39 is 6.09 Å². The molecule has 1 aromatic carbocycles. The molecule has 2 aliphatic rings. The Morgan fingerprint density at radius 2 is 2.36 bits per heavy atom. The summed E-state index contributed by atoms with van der Waals surface area (Å²) in [4.78, 5) is 25.9. The number of aromatic nitrogens is 1. The van der Waals surface area contributed by atoms with Gasteiger partial charge in [0.2, 0.25) is 5.91 Å². The second-order valence-corrected chi connectivity index (χ2v) is 7.15. The third-order valence-corrected chi connectivity index (χ3v) is 5.27. The zero-order valence-electron chi connectivity index (χ0n) is 13.7. The summed E-state index contributed by atoms with van der Waals surface area (Å²) in [5.74, 6) is 1.58. The Balaban J connectivity index is 1.58. The number of nitrogens with one attached hydrogen (secondary N) is 1. The van der Waals surface area contributed by atoms with Gasteiger partial charge in [-0.15, -0.1) is 11.8 Å². The molecule has 8 heteroatoms. The van der Waals surface area contributed by atoms with E-state index in [1.807, 2.05) is 18.2 Å². The number of benzene rings is 1. The first-order chi connectivity index (χ1) is 12.1. The maximum Gasteiger partial charge on any atom is 0.414 e. The van der Waals surface area contributed by atoms with Crippen LogP contribution in [0.2, 0.25) is 0 Å². The molecular weight excluding hydrogens is 342 g/mol. The molecule has 25 heavy (non-hydrogen) atoms. The third-order valence-electron chi connectivity index (χ3n) is 4.26. The third kappa shape index (κ3) is 3.09. The lowest BCUT2D eigenvalue weighted by molar-refractivity contribution is -0.119. The van der Waals surface area contributed by atoms with Crippen LogP contribution in [0, 0.1) is 0 Å². The smallest absolute Gasteiger partial charge is 0.414 e. The molecule has 2 aromatic rings. The number of amides is 2. The Morgan fingerprint density at radius 1 is 1.48 bits per heavy atom. The predicted octanol–water partition coefficient (Wildman–Crippen LogP) is 2.45. The molecule has 1 aromatic heterocycles. The van der Waals surface area contributed by atoms with Gasteiger partial charge in [0.15, 0.2) is 5.76 Å². The predicted molar refractivity (Wildman–Crippen MR) is 92.7 cm³/mol.